The zero-order valence-corrected chi connectivity index (χ0v) is 11.1. The van der Waals surface area contributed by atoms with Gasteiger partial charge in [-0.1, -0.05) is 36.4 Å². The molecule has 0 fully saturated rings. The molecule has 1 aromatic heterocycles. The molecule has 2 aromatic rings. The Morgan fingerprint density at radius 1 is 1.06 bits per heavy atom. The fourth-order valence-electron chi connectivity index (χ4n) is 2.21. The first-order valence-corrected chi connectivity index (χ1v) is 6.40. The second-order valence-electron chi connectivity index (χ2n) is 4.76. The van der Waals surface area contributed by atoms with Gasteiger partial charge in [-0.15, -0.1) is 0 Å². The average Bonchev–Trinajstić information content (AvgIpc) is 2.37. The summed E-state index contributed by atoms with van der Waals surface area (Å²) in [5.41, 5.74) is 10.9. The average molecular weight is 240 g/mol. The molecule has 0 aliphatic carbocycles. The van der Waals surface area contributed by atoms with Gasteiger partial charge >= 0.3 is 0 Å². The molecule has 0 saturated carbocycles. The number of pyridine rings is 1. The van der Waals surface area contributed by atoms with Crippen LogP contribution in [-0.2, 0) is 6.42 Å². The van der Waals surface area contributed by atoms with Crippen molar-refractivity contribution in [3.05, 3.63) is 65.0 Å². The highest BCUT2D eigenvalue weighted by atomic mass is 14.7. The summed E-state index contributed by atoms with van der Waals surface area (Å²) in [5.74, 6) is 0. The van der Waals surface area contributed by atoms with Crippen molar-refractivity contribution in [2.45, 2.75) is 32.7 Å². The molecule has 2 heteroatoms. The number of nitrogens with two attached hydrogens (primary N) is 1. The minimum atomic E-state index is 0.0679. The summed E-state index contributed by atoms with van der Waals surface area (Å²) in [7, 11) is 0. The molecule has 2 N–H and O–H groups in total. The van der Waals surface area contributed by atoms with Gasteiger partial charge in [0.05, 0.1) is 0 Å². The molecule has 0 radical (unpaired) electrons. The van der Waals surface area contributed by atoms with Gasteiger partial charge in [-0.2, -0.15) is 0 Å². The Balaban J connectivity index is 2.01. The lowest BCUT2D eigenvalue weighted by Gasteiger charge is -2.14. The summed E-state index contributed by atoms with van der Waals surface area (Å²) in [6, 6.07) is 14.7. The number of rotatable bonds is 4. The van der Waals surface area contributed by atoms with Gasteiger partial charge in [0.25, 0.3) is 0 Å². The van der Waals surface area contributed by atoms with E-state index in [4.69, 9.17) is 5.73 Å². The lowest BCUT2D eigenvalue weighted by atomic mass is 9.98. The van der Waals surface area contributed by atoms with Crippen LogP contribution in [0.1, 0.15) is 35.0 Å². The maximum atomic E-state index is 6.25. The highest BCUT2D eigenvalue weighted by Gasteiger charge is 2.09. The van der Waals surface area contributed by atoms with Crippen LogP contribution in [0, 0.1) is 13.8 Å². The molecule has 94 valence electrons. The standard InChI is InChI=1S/C16H20N2/c1-12-8-10-15(13(2)18-12)16(17)11-9-14-6-4-3-5-7-14/h3-8,10,16H,9,11,17H2,1-2H3. The third-order valence-electron chi connectivity index (χ3n) is 3.25. The van der Waals surface area contributed by atoms with E-state index in [1.807, 2.05) is 26.0 Å². The van der Waals surface area contributed by atoms with E-state index >= 15 is 0 Å². The third-order valence-corrected chi connectivity index (χ3v) is 3.25. The molecule has 18 heavy (non-hydrogen) atoms. The summed E-state index contributed by atoms with van der Waals surface area (Å²) in [6.07, 6.45) is 1.96. The van der Waals surface area contributed by atoms with E-state index in [-0.39, 0.29) is 6.04 Å². The highest BCUT2D eigenvalue weighted by molar-refractivity contribution is 5.25. The first-order chi connectivity index (χ1) is 8.66. The summed E-state index contributed by atoms with van der Waals surface area (Å²) >= 11 is 0. The number of hydrogen-bond acceptors (Lipinski definition) is 2. The van der Waals surface area contributed by atoms with Crippen molar-refractivity contribution >= 4 is 0 Å². The van der Waals surface area contributed by atoms with E-state index < -0.39 is 0 Å². The van der Waals surface area contributed by atoms with Crippen molar-refractivity contribution in [1.29, 1.82) is 0 Å². The minimum absolute atomic E-state index is 0.0679. The molecular formula is C16H20N2. The smallest absolute Gasteiger partial charge is 0.0423 e. The summed E-state index contributed by atoms with van der Waals surface area (Å²) in [4.78, 5) is 4.47. The molecule has 2 rings (SSSR count). The van der Waals surface area contributed by atoms with Gasteiger partial charge in [-0.05, 0) is 43.9 Å². The van der Waals surface area contributed by atoms with E-state index in [9.17, 15) is 0 Å². The Morgan fingerprint density at radius 3 is 2.44 bits per heavy atom. The normalized spacial score (nSPS) is 12.4. The molecule has 1 unspecified atom stereocenters. The lowest BCUT2D eigenvalue weighted by Crippen LogP contribution is -2.13. The number of aryl methyl sites for hydroxylation is 3. The van der Waals surface area contributed by atoms with Crippen LogP contribution in [0.3, 0.4) is 0 Å². The van der Waals surface area contributed by atoms with Gasteiger partial charge in [0.15, 0.2) is 0 Å². The Hall–Kier alpha value is -1.67. The quantitative estimate of drug-likeness (QED) is 0.890. The summed E-state index contributed by atoms with van der Waals surface area (Å²) < 4.78 is 0. The van der Waals surface area contributed by atoms with Crippen LogP contribution in [0.4, 0.5) is 0 Å². The van der Waals surface area contributed by atoms with Gasteiger partial charge in [0.2, 0.25) is 0 Å². The van der Waals surface area contributed by atoms with Crippen LogP contribution in [0.5, 0.6) is 0 Å². The van der Waals surface area contributed by atoms with Crippen LogP contribution in [0.25, 0.3) is 0 Å². The van der Waals surface area contributed by atoms with Gasteiger partial charge < -0.3 is 5.73 Å². The van der Waals surface area contributed by atoms with Gasteiger partial charge in [-0.3, -0.25) is 4.98 Å². The number of benzene rings is 1. The van der Waals surface area contributed by atoms with Gasteiger partial charge in [-0.25, -0.2) is 0 Å². The topological polar surface area (TPSA) is 38.9 Å². The van der Waals surface area contributed by atoms with Gasteiger partial charge in [0.1, 0.15) is 0 Å². The van der Waals surface area contributed by atoms with Crippen LogP contribution in [0.2, 0.25) is 0 Å². The highest BCUT2D eigenvalue weighted by Crippen LogP contribution is 2.19. The molecule has 0 aliphatic heterocycles. The van der Waals surface area contributed by atoms with Crippen molar-refractivity contribution in [2.24, 2.45) is 5.73 Å². The second kappa shape index (κ2) is 5.78. The molecule has 2 nitrogen and oxygen atoms in total. The Kier molecular flexibility index (Phi) is 4.11. The Bertz CT molecular complexity index is 506. The van der Waals surface area contributed by atoms with Crippen molar-refractivity contribution in [1.82, 2.24) is 4.98 Å². The SMILES string of the molecule is Cc1ccc(C(N)CCc2ccccc2)c(C)n1. The van der Waals surface area contributed by atoms with E-state index in [0.717, 1.165) is 29.8 Å². The predicted octanol–water partition coefficient (Wildman–Crippen LogP) is 3.33. The molecule has 1 aromatic carbocycles. The van der Waals surface area contributed by atoms with Crippen LogP contribution < -0.4 is 5.73 Å². The first kappa shape index (κ1) is 12.8. The molecular weight excluding hydrogens is 220 g/mol. The van der Waals surface area contributed by atoms with E-state index in [0.29, 0.717) is 0 Å². The molecule has 0 amide bonds. The molecule has 0 aliphatic rings. The maximum absolute atomic E-state index is 6.25. The van der Waals surface area contributed by atoms with Crippen molar-refractivity contribution in [2.75, 3.05) is 0 Å². The van der Waals surface area contributed by atoms with Crippen molar-refractivity contribution in [3.63, 3.8) is 0 Å². The zero-order chi connectivity index (χ0) is 13.0. The molecule has 1 atom stereocenters. The number of hydrogen-bond donors (Lipinski definition) is 1. The molecule has 0 bridgehead atoms. The fourth-order valence-corrected chi connectivity index (χ4v) is 2.21. The first-order valence-electron chi connectivity index (χ1n) is 6.40. The zero-order valence-electron chi connectivity index (χ0n) is 11.1. The monoisotopic (exact) mass is 240 g/mol. The maximum Gasteiger partial charge on any atom is 0.0423 e. The second-order valence-corrected chi connectivity index (χ2v) is 4.76. The number of aromatic nitrogens is 1. The van der Waals surface area contributed by atoms with Crippen molar-refractivity contribution in [3.8, 4) is 0 Å². The van der Waals surface area contributed by atoms with E-state index in [2.05, 4.69) is 35.3 Å². The summed E-state index contributed by atoms with van der Waals surface area (Å²) in [5, 5.41) is 0. The Labute approximate surface area is 109 Å². The fraction of sp³-hybridized carbons (Fsp3) is 0.312. The largest absolute Gasteiger partial charge is 0.324 e. The lowest BCUT2D eigenvalue weighted by molar-refractivity contribution is 0.643. The van der Waals surface area contributed by atoms with Crippen LogP contribution in [0.15, 0.2) is 42.5 Å². The molecule has 0 spiro atoms. The van der Waals surface area contributed by atoms with Crippen molar-refractivity contribution < 1.29 is 0 Å². The van der Waals surface area contributed by atoms with Gasteiger partial charge in [0, 0.05) is 17.4 Å². The van der Waals surface area contributed by atoms with Crippen LogP contribution >= 0.6 is 0 Å². The predicted molar refractivity (Wildman–Crippen MR) is 75.4 cm³/mol. The third kappa shape index (κ3) is 3.17. The summed E-state index contributed by atoms with van der Waals surface area (Å²) in [6.45, 7) is 4.04. The number of nitrogens with zero attached hydrogens (tertiary/aromatic N) is 1. The van der Waals surface area contributed by atoms with E-state index in [1.54, 1.807) is 0 Å². The molecule has 1 heterocycles. The van der Waals surface area contributed by atoms with Crippen LogP contribution in [-0.4, -0.2) is 4.98 Å². The van der Waals surface area contributed by atoms with E-state index in [1.165, 1.54) is 5.56 Å². The molecule has 0 saturated heterocycles. The minimum Gasteiger partial charge on any atom is -0.324 e. The Morgan fingerprint density at radius 2 is 1.78 bits per heavy atom.